The summed E-state index contributed by atoms with van der Waals surface area (Å²) >= 11 is 0. The van der Waals surface area contributed by atoms with Crippen LogP contribution in [0.1, 0.15) is 5.56 Å². The maximum absolute atomic E-state index is 12.2. The zero-order valence-corrected chi connectivity index (χ0v) is 12.9. The number of hydrogen-bond donors (Lipinski definition) is 1. The number of rotatable bonds is 5. The highest BCUT2D eigenvalue weighted by Crippen LogP contribution is 2.18. The van der Waals surface area contributed by atoms with Gasteiger partial charge in [-0.15, -0.1) is 0 Å². The quantitative estimate of drug-likeness (QED) is 0.680. The van der Waals surface area contributed by atoms with E-state index in [1.165, 1.54) is 6.08 Å². The maximum Gasteiger partial charge on any atom is 0.266 e. The summed E-state index contributed by atoms with van der Waals surface area (Å²) in [5.74, 6) is 0.877. The highest BCUT2D eigenvalue weighted by atomic mass is 16.5. The minimum atomic E-state index is -0.472. The summed E-state index contributed by atoms with van der Waals surface area (Å²) < 4.78 is 10.2. The normalized spacial score (nSPS) is 10.6. The molecule has 0 saturated heterocycles. The van der Waals surface area contributed by atoms with Crippen molar-refractivity contribution in [1.82, 2.24) is 0 Å². The summed E-state index contributed by atoms with van der Waals surface area (Å²) in [4.78, 5) is 12.2. The first-order valence-electron chi connectivity index (χ1n) is 6.87. The summed E-state index contributed by atoms with van der Waals surface area (Å²) in [5.41, 5.74) is 1.31. The number of ether oxygens (including phenoxy) is 2. The number of nitrogens with zero attached hydrogens (tertiary/aromatic N) is 1. The fraction of sp³-hybridized carbons (Fsp3) is 0.111. The fourth-order valence-corrected chi connectivity index (χ4v) is 1.92. The third-order valence-electron chi connectivity index (χ3n) is 3.12. The van der Waals surface area contributed by atoms with Crippen molar-refractivity contribution in [3.63, 3.8) is 0 Å². The Balaban J connectivity index is 2.17. The lowest BCUT2D eigenvalue weighted by Gasteiger charge is -2.06. The first kappa shape index (κ1) is 16.1. The molecule has 0 bridgehead atoms. The van der Waals surface area contributed by atoms with E-state index in [-0.39, 0.29) is 5.57 Å². The Morgan fingerprint density at radius 3 is 2.39 bits per heavy atom. The van der Waals surface area contributed by atoms with Gasteiger partial charge in [-0.1, -0.05) is 12.1 Å². The summed E-state index contributed by atoms with van der Waals surface area (Å²) in [6, 6.07) is 15.9. The smallest absolute Gasteiger partial charge is 0.266 e. The average Bonchev–Trinajstić information content (AvgIpc) is 2.60. The average molecular weight is 308 g/mol. The standard InChI is InChI=1S/C18H16N2O3/c1-22-16-8-6-15(7-9-16)20-18(21)14(12-19)10-13-4-3-5-17(11-13)23-2/h3-11H,1-2H3,(H,20,21)/b14-10+. The molecule has 0 fully saturated rings. The third kappa shape index (κ3) is 4.35. The molecule has 0 heterocycles. The minimum absolute atomic E-state index is 0.00840. The topological polar surface area (TPSA) is 71.3 Å². The summed E-state index contributed by atoms with van der Waals surface area (Å²) in [6.45, 7) is 0. The molecule has 116 valence electrons. The van der Waals surface area contributed by atoms with Crippen LogP contribution in [-0.4, -0.2) is 20.1 Å². The van der Waals surface area contributed by atoms with Crippen LogP contribution < -0.4 is 14.8 Å². The number of hydrogen-bond acceptors (Lipinski definition) is 4. The van der Waals surface area contributed by atoms with E-state index in [1.807, 2.05) is 6.07 Å². The molecule has 0 aromatic heterocycles. The molecule has 0 aliphatic heterocycles. The van der Waals surface area contributed by atoms with Crippen molar-refractivity contribution < 1.29 is 14.3 Å². The van der Waals surface area contributed by atoms with Crippen molar-refractivity contribution in [2.45, 2.75) is 0 Å². The number of methoxy groups -OCH3 is 2. The van der Waals surface area contributed by atoms with Crippen LogP contribution in [0.5, 0.6) is 11.5 Å². The van der Waals surface area contributed by atoms with E-state index in [0.29, 0.717) is 22.7 Å². The van der Waals surface area contributed by atoms with Crippen molar-refractivity contribution >= 4 is 17.7 Å². The predicted octanol–water partition coefficient (Wildman–Crippen LogP) is 3.25. The van der Waals surface area contributed by atoms with Gasteiger partial charge in [-0.25, -0.2) is 0 Å². The zero-order valence-electron chi connectivity index (χ0n) is 12.9. The largest absolute Gasteiger partial charge is 0.497 e. The van der Waals surface area contributed by atoms with Crippen LogP contribution in [0.25, 0.3) is 6.08 Å². The molecule has 2 aromatic carbocycles. The first-order valence-corrected chi connectivity index (χ1v) is 6.87. The molecule has 0 radical (unpaired) electrons. The van der Waals surface area contributed by atoms with Crippen LogP contribution in [-0.2, 0) is 4.79 Å². The van der Waals surface area contributed by atoms with Gasteiger partial charge in [0.15, 0.2) is 0 Å². The molecule has 0 aliphatic carbocycles. The Morgan fingerprint density at radius 1 is 1.09 bits per heavy atom. The molecule has 5 nitrogen and oxygen atoms in total. The molecule has 0 saturated carbocycles. The van der Waals surface area contributed by atoms with Crippen molar-refractivity contribution in [3.05, 3.63) is 59.7 Å². The van der Waals surface area contributed by atoms with Gasteiger partial charge in [0.25, 0.3) is 5.91 Å². The van der Waals surface area contributed by atoms with Crippen LogP contribution in [0, 0.1) is 11.3 Å². The summed E-state index contributed by atoms with van der Waals surface area (Å²) in [7, 11) is 3.13. The van der Waals surface area contributed by atoms with E-state index in [1.54, 1.807) is 62.8 Å². The second kappa shape index (κ2) is 7.66. The lowest BCUT2D eigenvalue weighted by atomic mass is 10.1. The van der Waals surface area contributed by atoms with Crippen LogP contribution >= 0.6 is 0 Å². The highest BCUT2D eigenvalue weighted by Gasteiger charge is 2.09. The van der Waals surface area contributed by atoms with Gasteiger partial charge >= 0.3 is 0 Å². The molecule has 0 aliphatic rings. The first-order chi connectivity index (χ1) is 11.2. The number of anilines is 1. The SMILES string of the molecule is COc1ccc(NC(=O)/C(C#N)=C/c2cccc(OC)c2)cc1. The van der Waals surface area contributed by atoms with E-state index < -0.39 is 5.91 Å². The molecule has 0 atom stereocenters. The van der Waals surface area contributed by atoms with Crippen molar-refractivity contribution in [2.75, 3.05) is 19.5 Å². The maximum atomic E-state index is 12.2. The zero-order chi connectivity index (χ0) is 16.7. The number of nitrogens with one attached hydrogen (secondary N) is 1. The van der Waals surface area contributed by atoms with Gasteiger partial charge in [0.05, 0.1) is 14.2 Å². The Bertz CT molecular complexity index is 759. The Kier molecular flexibility index (Phi) is 5.37. The van der Waals surface area contributed by atoms with Gasteiger partial charge in [0.2, 0.25) is 0 Å². The molecule has 23 heavy (non-hydrogen) atoms. The van der Waals surface area contributed by atoms with Crippen molar-refractivity contribution in [3.8, 4) is 17.6 Å². The lowest BCUT2D eigenvalue weighted by Crippen LogP contribution is -2.13. The molecule has 5 heteroatoms. The molecule has 0 spiro atoms. The van der Waals surface area contributed by atoms with Gasteiger partial charge in [-0.3, -0.25) is 4.79 Å². The van der Waals surface area contributed by atoms with E-state index in [2.05, 4.69) is 5.32 Å². The minimum Gasteiger partial charge on any atom is -0.497 e. The van der Waals surface area contributed by atoms with Gasteiger partial charge in [0.1, 0.15) is 23.1 Å². The second-order valence-corrected chi connectivity index (χ2v) is 4.63. The number of amides is 1. The van der Waals surface area contributed by atoms with Crippen LogP contribution in [0.2, 0.25) is 0 Å². The number of carbonyl (C=O) groups is 1. The predicted molar refractivity (Wildman–Crippen MR) is 88.2 cm³/mol. The monoisotopic (exact) mass is 308 g/mol. The molecule has 0 unspecified atom stereocenters. The Morgan fingerprint density at radius 2 is 1.78 bits per heavy atom. The Hall–Kier alpha value is -3.26. The van der Waals surface area contributed by atoms with Gasteiger partial charge < -0.3 is 14.8 Å². The van der Waals surface area contributed by atoms with E-state index in [0.717, 1.165) is 0 Å². The van der Waals surface area contributed by atoms with E-state index in [9.17, 15) is 10.1 Å². The molecule has 1 N–H and O–H groups in total. The second-order valence-electron chi connectivity index (χ2n) is 4.63. The molecular weight excluding hydrogens is 292 g/mol. The third-order valence-corrected chi connectivity index (χ3v) is 3.12. The van der Waals surface area contributed by atoms with Crippen molar-refractivity contribution in [2.24, 2.45) is 0 Å². The fourth-order valence-electron chi connectivity index (χ4n) is 1.92. The number of carbonyl (C=O) groups excluding carboxylic acids is 1. The van der Waals surface area contributed by atoms with E-state index >= 15 is 0 Å². The van der Waals surface area contributed by atoms with Crippen molar-refractivity contribution in [1.29, 1.82) is 5.26 Å². The Labute approximate surface area is 134 Å². The number of benzene rings is 2. The lowest BCUT2D eigenvalue weighted by molar-refractivity contribution is -0.112. The molecular formula is C18H16N2O3. The van der Waals surface area contributed by atoms with Crippen LogP contribution in [0.4, 0.5) is 5.69 Å². The van der Waals surface area contributed by atoms with Gasteiger partial charge in [0, 0.05) is 5.69 Å². The molecule has 1 amide bonds. The number of nitriles is 1. The summed E-state index contributed by atoms with van der Waals surface area (Å²) in [5, 5.41) is 11.9. The van der Waals surface area contributed by atoms with Gasteiger partial charge in [-0.05, 0) is 48.0 Å². The summed E-state index contributed by atoms with van der Waals surface area (Å²) in [6.07, 6.45) is 1.52. The van der Waals surface area contributed by atoms with Crippen LogP contribution in [0.3, 0.4) is 0 Å². The van der Waals surface area contributed by atoms with Crippen LogP contribution in [0.15, 0.2) is 54.1 Å². The molecule has 2 aromatic rings. The highest BCUT2D eigenvalue weighted by molar-refractivity contribution is 6.09. The van der Waals surface area contributed by atoms with Gasteiger partial charge in [-0.2, -0.15) is 5.26 Å². The molecule has 2 rings (SSSR count). The van der Waals surface area contributed by atoms with E-state index in [4.69, 9.17) is 9.47 Å².